The molecule has 0 saturated heterocycles. The molecule has 1 unspecified atom stereocenters. The summed E-state index contributed by atoms with van der Waals surface area (Å²) in [5.74, 6) is 0.918. The maximum atomic E-state index is 2.31. The van der Waals surface area contributed by atoms with Gasteiger partial charge in [0.25, 0.3) is 0 Å². The van der Waals surface area contributed by atoms with Crippen molar-refractivity contribution in [1.82, 2.24) is 0 Å². The molecule has 1 atom stereocenters. The van der Waals surface area contributed by atoms with Crippen molar-refractivity contribution in [1.29, 1.82) is 0 Å². The van der Waals surface area contributed by atoms with Gasteiger partial charge in [-0.1, -0.05) is 6.92 Å². The molecule has 7 heavy (non-hydrogen) atoms. The Hall–Kier alpha value is 0.170. The van der Waals surface area contributed by atoms with Crippen LogP contribution in [0.4, 0.5) is 0 Å². The predicted molar refractivity (Wildman–Crippen MR) is 36.2 cm³/mol. The third-order valence-corrected chi connectivity index (χ3v) is 3.06. The van der Waals surface area contributed by atoms with E-state index in [9.17, 15) is 0 Å². The van der Waals surface area contributed by atoms with Crippen LogP contribution >= 0.6 is 8.20 Å². The second-order valence-electron chi connectivity index (χ2n) is 2.21. The lowest BCUT2D eigenvalue weighted by molar-refractivity contribution is 0.766. The molecule has 0 aromatic heterocycles. The summed E-state index contributed by atoms with van der Waals surface area (Å²) in [4.78, 5) is 0. The largest absolute Gasteiger partial charge is 0.105 e. The summed E-state index contributed by atoms with van der Waals surface area (Å²) in [5.41, 5.74) is 0. The van der Waals surface area contributed by atoms with Crippen molar-refractivity contribution >= 4 is 13.5 Å². The smallest absolute Gasteiger partial charge is 0.0101 e. The maximum absolute atomic E-state index is 2.31. The second-order valence-corrected chi connectivity index (χ2v) is 3.68. The van der Waals surface area contributed by atoms with Crippen molar-refractivity contribution in [2.75, 3.05) is 6.16 Å². The van der Waals surface area contributed by atoms with Gasteiger partial charge >= 0.3 is 0 Å². The van der Waals surface area contributed by atoms with E-state index in [4.69, 9.17) is 0 Å². The third kappa shape index (κ3) is 1.04. The van der Waals surface area contributed by atoms with Crippen LogP contribution in [0.1, 0.15) is 20.3 Å². The molecule has 0 nitrogen and oxygen atoms in total. The minimum Gasteiger partial charge on any atom is -0.105 e. The first-order valence-electron chi connectivity index (χ1n) is 2.81. The van der Waals surface area contributed by atoms with Gasteiger partial charge in [-0.3, -0.25) is 0 Å². The fraction of sp³-hybridized carbons (Fsp3) is 0.833. The molecule has 1 heteroatoms. The molecule has 1 aliphatic heterocycles. The van der Waals surface area contributed by atoms with E-state index in [0.717, 1.165) is 5.92 Å². The lowest BCUT2D eigenvalue weighted by Gasteiger charge is -1.97. The summed E-state index contributed by atoms with van der Waals surface area (Å²) < 4.78 is 0. The highest BCUT2D eigenvalue weighted by molar-refractivity contribution is 7.41. The van der Waals surface area contributed by atoms with Gasteiger partial charge in [0.2, 0.25) is 0 Å². The van der Waals surface area contributed by atoms with E-state index in [1.807, 2.05) is 0 Å². The zero-order valence-corrected chi connectivity index (χ0v) is 5.83. The lowest BCUT2D eigenvalue weighted by atomic mass is 10.1. The normalized spacial score (nSPS) is 32.9. The van der Waals surface area contributed by atoms with Crippen molar-refractivity contribution < 1.29 is 0 Å². The number of hydrogen-bond donors (Lipinski definition) is 0. The molecular formula is C6H11P. The fourth-order valence-electron chi connectivity index (χ4n) is 0.799. The van der Waals surface area contributed by atoms with Crippen LogP contribution in [0.2, 0.25) is 0 Å². The number of hydrogen-bond acceptors (Lipinski definition) is 0. The fourth-order valence-corrected chi connectivity index (χ4v) is 2.11. The first kappa shape index (κ1) is 5.31. The van der Waals surface area contributed by atoms with Gasteiger partial charge in [0.05, 0.1) is 0 Å². The lowest BCUT2D eigenvalue weighted by Crippen LogP contribution is -1.97. The Balaban J connectivity index is 2.54. The molecule has 0 amide bonds. The van der Waals surface area contributed by atoms with Crippen molar-refractivity contribution in [2.45, 2.75) is 20.3 Å². The van der Waals surface area contributed by atoms with Crippen LogP contribution in [0.15, 0.2) is 0 Å². The van der Waals surface area contributed by atoms with Crippen LogP contribution in [0.25, 0.3) is 0 Å². The molecule has 0 N–H and O–H groups in total. The topological polar surface area (TPSA) is 0 Å². The molecular weight excluding hydrogens is 103 g/mol. The quantitative estimate of drug-likeness (QED) is 0.423. The first-order valence-corrected chi connectivity index (χ1v) is 3.89. The maximum Gasteiger partial charge on any atom is -0.0101 e. The van der Waals surface area contributed by atoms with Gasteiger partial charge < -0.3 is 0 Å². The van der Waals surface area contributed by atoms with Gasteiger partial charge in [-0.05, 0) is 30.7 Å². The zero-order chi connectivity index (χ0) is 5.28. The minimum atomic E-state index is 0.918. The Labute approximate surface area is 46.7 Å². The SMILES string of the molecule is CC1=PCCC1C. The molecule has 0 radical (unpaired) electrons. The molecule has 1 aliphatic rings. The summed E-state index contributed by atoms with van der Waals surface area (Å²) in [5, 5.41) is 1.68. The minimum absolute atomic E-state index is 0.918. The van der Waals surface area contributed by atoms with Crippen LogP contribution in [0.5, 0.6) is 0 Å². The molecule has 1 heterocycles. The van der Waals surface area contributed by atoms with Crippen LogP contribution in [0.3, 0.4) is 0 Å². The van der Waals surface area contributed by atoms with E-state index in [-0.39, 0.29) is 0 Å². The molecule has 0 bridgehead atoms. The van der Waals surface area contributed by atoms with Gasteiger partial charge in [-0.25, -0.2) is 0 Å². The highest BCUT2D eigenvalue weighted by atomic mass is 31.1. The third-order valence-electron chi connectivity index (χ3n) is 1.64. The Morgan fingerprint density at radius 3 is 2.57 bits per heavy atom. The number of rotatable bonds is 0. The van der Waals surface area contributed by atoms with Crippen molar-refractivity contribution in [3.8, 4) is 0 Å². The van der Waals surface area contributed by atoms with E-state index >= 15 is 0 Å². The standard InChI is InChI=1S/C6H11P/c1-5-3-4-7-6(5)2/h5H,3-4H2,1-2H3. The van der Waals surface area contributed by atoms with Gasteiger partial charge in [0, 0.05) is 0 Å². The van der Waals surface area contributed by atoms with Gasteiger partial charge in [0.15, 0.2) is 0 Å². The van der Waals surface area contributed by atoms with Crippen LogP contribution < -0.4 is 0 Å². The summed E-state index contributed by atoms with van der Waals surface area (Å²) in [6, 6.07) is 0. The summed E-state index contributed by atoms with van der Waals surface area (Å²) >= 11 is 0. The Morgan fingerprint density at radius 1 is 1.71 bits per heavy atom. The average Bonchev–Trinajstić information content (AvgIpc) is 1.91. The first-order chi connectivity index (χ1) is 3.30. The highest BCUT2D eigenvalue weighted by Gasteiger charge is 2.08. The second kappa shape index (κ2) is 1.96. The van der Waals surface area contributed by atoms with Crippen molar-refractivity contribution in [3.63, 3.8) is 0 Å². The van der Waals surface area contributed by atoms with Crippen LogP contribution in [0, 0.1) is 5.92 Å². The monoisotopic (exact) mass is 114 g/mol. The van der Waals surface area contributed by atoms with Crippen LogP contribution in [-0.4, -0.2) is 11.5 Å². The van der Waals surface area contributed by atoms with Gasteiger partial charge in [-0.2, -0.15) is 0 Å². The Bertz CT molecular complexity index is 94.4. The highest BCUT2D eigenvalue weighted by Crippen LogP contribution is 2.21. The van der Waals surface area contributed by atoms with Gasteiger partial charge in [0.1, 0.15) is 0 Å². The summed E-state index contributed by atoms with van der Waals surface area (Å²) in [7, 11) is 1.60. The van der Waals surface area contributed by atoms with E-state index in [1.54, 1.807) is 13.5 Å². The Kier molecular flexibility index (Phi) is 1.49. The predicted octanol–water partition coefficient (Wildman–Crippen LogP) is 2.16. The van der Waals surface area contributed by atoms with E-state index < -0.39 is 0 Å². The molecule has 0 saturated carbocycles. The molecule has 0 aromatic carbocycles. The van der Waals surface area contributed by atoms with Crippen molar-refractivity contribution in [2.24, 2.45) is 5.92 Å². The van der Waals surface area contributed by atoms with E-state index in [1.165, 1.54) is 12.6 Å². The molecule has 0 spiro atoms. The van der Waals surface area contributed by atoms with Crippen LogP contribution in [-0.2, 0) is 0 Å². The van der Waals surface area contributed by atoms with E-state index in [2.05, 4.69) is 13.8 Å². The van der Waals surface area contributed by atoms with Crippen molar-refractivity contribution in [3.05, 3.63) is 0 Å². The molecule has 0 aromatic rings. The zero-order valence-electron chi connectivity index (χ0n) is 4.94. The summed E-state index contributed by atoms with van der Waals surface area (Å²) in [6.07, 6.45) is 2.83. The molecule has 0 aliphatic carbocycles. The molecule has 40 valence electrons. The van der Waals surface area contributed by atoms with E-state index in [0.29, 0.717) is 0 Å². The average molecular weight is 114 g/mol. The molecule has 1 rings (SSSR count). The molecule has 0 fully saturated rings. The van der Waals surface area contributed by atoms with Gasteiger partial charge in [-0.15, -0.1) is 8.20 Å². The summed E-state index contributed by atoms with van der Waals surface area (Å²) in [6.45, 7) is 4.58. The Morgan fingerprint density at radius 2 is 2.43 bits per heavy atom.